The number of para-hydroxylation sites is 2. The number of oxazole rings is 1. The number of hydrogen-bond acceptors (Lipinski definition) is 5. The first-order valence-corrected chi connectivity index (χ1v) is 12.5. The molecule has 1 saturated heterocycles. The monoisotopic (exact) mass is 495 g/mol. The van der Waals surface area contributed by atoms with Crippen LogP contribution < -0.4 is 5.32 Å². The normalized spacial score (nSPS) is 20.0. The predicted molar refractivity (Wildman–Crippen MR) is 133 cm³/mol. The molecule has 0 aliphatic carbocycles. The van der Waals surface area contributed by atoms with E-state index in [1.165, 1.54) is 11.8 Å². The van der Waals surface area contributed by atoms with Crippen molar-refractivity contribution in [2.45, 2.75) is 31.0 Å². The van der Waals surface area contributed by atoms with Crippen molar-refractivity contribution in [2.24, 2.45) is 0 Å². The number of quaternary nitrogens is 1. The van der Waals surface area contributed by atoms with E-state index in [0.29, 0.717) is 33.6 Å². The van der Waals surface area contributed by atoms with Crippen LogP contribution in [0.2, 0.25) is 5.02 Å². The van der Waals surface area contributed by atoms with Crippen molar-refractivity contribution in [3.63, 3.8) is 0 Å². The number of hydrogen-bond donors (Lipinski definition) is 1. The molecule has 34 heavy (non-hydrogen) atoms. The standard InChI is InChI=1S/C25H23ClN4O3S/c1-17-7-6-14-30(17,23(31)16-34-25-28-20-15-18(26)10-11-22(20)33-25)24(32)27-19-8-2-3-9-21(19)29-12-4-5-13-29/h2-5,8-13,15,17H,6-7,14,16H2,1H3/p+1/t17-,30?/m1/s1. The van der Waals surface area contributed by atoms with Crippen molar-refractivity contribution >= 4 is 52.1 Å². The third-order valence-electron chi connectivity index (χ3n) is 6.37. The topological polar surface area (TPSA) is 77.1 Å². The lowest BCUT2D eigenvalue weighted by atomic mass is 10.2. The largest absolute Gasteiger partial charge is 0.431 e. The van der Waals surface area contributed by atoms with Crippen LogP contribution >= 0.6 is 23.4 Å². The molecule has 0 spiro atoms. The number of thioether (sulfide) groups is 1. The van der Waals surface area contributed by atoms with E-state index in [0.717, 1.165) is 18.5 Å². The van der Waals surface area contributed by atoms with Gasteiger partial charge in [-0.3, -0.25) is 5.32 Å². The van der Waals surface area contributed by atoms with Crippen LogP contribution in [-0.4, -0.2) is 44.3 Å². The average molecular weight is 496 g/mol. The van der Waals surface area contributed by atoms with E-state index in [1.54, 1.807) is 18.2 Å². The zero-order valence-electron chi connectivity index (χ0n) is 18.6. The maximum absolute atomic E-state index is 13.7. The summed E-state index contributed by atoms with van der Waals surface area (Å²) >= 11 is 7.23. The summed E-state index contributed by atoms with van der Waals surface area (Å²) < 4.78 is 7.44. The first kappa shape index (κ1) is 22.7. The Kier molecular flexibility index (Phi) is 6.20. The highest BCUT2D eigenvalue weighted by Crippen LogP contribution is 2.33. The lowest BCUT2D eigenvalue weighted by Gasteiger charge is -2.32. The highest BCUT2D eigenvalue weighted by atomic mass is 35.5. The Morgan fingerprint density at radius 3 is 2.76 bits per heavy atom. The zero-order valence-corrected chi connectivity index (χ0v) is 20.2. The molecule has 0 bridgehead atoms. The average Bonchev–Trinajstić information content (AvgIpc) is 3.57. The van der Waals surface area contributed by atoms with Crippen LogP contribution in [0.4, 0.5) is 10.5 Å². The minimum atomic E-state index is -0.306. The maximum Gasteiger partial charge on any atom is 0.428 e. The molecule has 4 aromatic rings. The second kappa shape index (κ2) is 9.29. The molecule has 1 aliphatic heterocycles. The fourth-order valence-electron chi connectivity index (χ4n) is 4.56. The molecule has 174 valence electrons. The Morgan fingerprint density at radius 2 is 2.00 bits per heavy atom. The number of likely N-dealkylation sites (tertiary alicyclic amines) is 1. The third kappa shape index (κ3) is 4.13. The molecular weight excluding hydrogens is 472 g/mol. The fraction of sp³-hybridized carbons (Fsp3) is 0.240. The number of halogens is 1. The Bertz CT molecular complexity index is 1350. The van der Waals surface area contributed by atoms with Gasteiger partial charge in [0.25, 0.3) is 5.22 Å². The molecule has 0 radical (unpaired) electrons. The Labute approximate surface area is 206 Å². The molecule has 3 amide bonds. The van der Waals surface area contributed by atoms with Crippen LogP contribution in [0.5, 0.6) is 0 Å². The second-order valence-electron chi connectivity index (χ2n) is 8.40. The van der Waals surface area contributed by atoms with Gasteiger partial charge in [-0.1, -0.05) is 35.5 Å². The molecule has 2 aromatic heterocycles. The zero-order chi connectivity index (χ0) is 23.7. The minimum absolute atomic E-state index is 0.0809. The van der Waals surface area contributed by atoms with Gasteiger partial charge in [0, 0.05) is 30.3 Å². The highest BCUT2D eigenvalue weighted by molar-refractivity contribution is 7.99. The quantitative estimate of drug-likeness (QED) is 0.266. The van der Waals surface area contributed by atoms with E-state index >= 15 is 0 Å². The van der Waals surface area contributed by atoms with Gasteiger partial charge < -0.3 is 8.98 Å². The van der Waals surface area contributed by atoms with E-state index in [2.05, 4.69) is 10.3 Å². The summed E-state index contributed by atoms with van der Waals surface area (Å²) in [5.41, 5.74) is 2.76. The van der Waals surface area contributed by atoms with Gasteiger partial charge in [0.15, 0.2) is 5.58 Å². The Morgan fingerprint density at radius 1 is 1.21 bits per heavy atom. The smallest absolute Gasteiger partial charge is 0.428 e. The molecule has 2 atom stereocenters. The second-order valence-corrected chi connectivity index (χ2v) is 9.76. The molecule has 2 aromatic carbocycles. The van der Waals surface area contributed by atoms with Crippen molar-refractivity contribution in [1.29, 1.82) is 0 Å². The van der Waals surface area contributed by atoms with Gasteiger partial charge in [-0.15, -0.1) is 0 Å². The summed E-state index contributed by atoms with van der Waals surface area (Å²) in [6, 6.07) is 16.2. The van der Waals surface area contributed by atoms with E-state index in [9.17, 15) is 9.59 Å². The van der Waals surface area contributed by atoms with Crippen LogP contribution in [0.1, 0.15) is 19.8 Å². The van der Waals surface area contributed by atoms with Crippen LogP contribution in [0.3, 0.4) is 0 Å². The van der Waals surface area contributed by atoms with Crippen LogP contribution in [0.25, 0.3) is 16.8 Å². The highest BCUT2D eigenvalue weighted by Gasteiger charge is 2.52. The summed E-state index contributed by atoms with van der Waals surface area (Å²) in [5, 5.41) is 4.00. The summed E-state index contributed by atoms with van der Waals surface area (Å²) in [7, 11) is 0. The molecule has 7 nitrogen and oxygen atoms in total. The Hall–Kier alpha value is -3.07. The number of rotatable bonds is 5. The van der Waals surface area contributed by atoms with Crippen molar-refractivity contribution in [3.05, 3.63) is 72.0 Å². The molecule has 1 unspecified atom stereocenters. The van der Waals surface area contributed by atoms with E-state index in [-0.39, 0.29) is 28.2 Å². The number of urea groups is 1. The number of nitrogens with zero attached hydrogens (tertiary/aromatic N) is 3. The number of carbonyl (C=O) groups excluding carboxylic acids is 2. The molecule has 0 saturated carbocycles. The molecular formula is C25H24ClN4O3S+. The lowest BCUT2D eigenvalue weighted by molar-refractivity contribution is -0.781. The predicted octanol–water partition coefficient (Wildman–Crippen LogP) is 6.12. The summed E-state index contributed by atoms with van der Waals surface area (Å²) in [6.45, 7) is 2.44. The first-order chi connectivity index (χ1) is 16.5. The number of imide groups is 1. The number of benzene rings is 2. The molecule has 1 N–H and O–H groups in total. The molecule has 1 aliphatic rings. The van der Waals surface area contributed by atoms with E-state index in [1.807, 2.05) is 60.3 Å². The molecule has 5 rings (SSSR count). The summed E-state index contributed by atoms with van der Waals surface area (Å²) in [4.78, 5) is 31.6. The van der Waals surface area contributed by atoms with Gasteiger partial charge in [0.05, 0.1) is 17.9 Å². The number of aromatic nitrogens is 2. The minimum Gasteiger partial charge on any atom is -0.431 e. The van der Waals surface area contributed by atoms with Crippen LogP contribution in [0, 0.1) is 0 Å². The van der Waals surface area contributed by atoms with Gasteiger partial charge in [-0.25, -0.2) is 14.6 Å². The SMILES string of the molecule is C[C@@H]1CCC[N+]1(C(=O)CSc1nc2cc(Cl)ccc2o1)C(=O)Nc1ccccc1-n1cccc1. The van der Waals surface area contributed by atoms with Crippen LogP contribution in [-0.2, 0) is 4.79 Å². The fourth-order valence-corrected chi connectivity index (χ4v) is 5.51. The number of carbonyl (C=O) groups is 2. The number of nitrogens with one attached hydrogen (secondary N) is 1. The Balaban J connectivity index is 1.37. The number of anilines is 1. The lowest BCUT2D eigenvalue weighted by Crippen LogP contribution is -2.61. The van der Waals surface area contributed by atoms with E-state index in [4.69, 9.17) is 16.0 Å². The van der Waals surface area contributed by atoms with Gasteiger partial charge in [-0.05, 0) is 49.4 Å². The summed E-state index contributed by atoms with van der Waals surface area (Å²) in [6.07, 6.45) is 5.46. The summed E-state index contributed by atoms with van der Waals surface area (Å²) in [5.74, 6) is -0.0800. The third-order valence-corrected chi connectivity index (χ3v) is 7.42. The molecule has 1 fully saturated rings. The van der Waals surface area contributed by atoms with Crippen molar-refractivity contribution in [2.75, 3.05) is 17.6 Å². The van der Waals surface area contributed by atoms with E-state index < -0.39 is 0 Å². The molecule has 9 heteroatoms. The number of fused-ring (bicyclic) bond motifs is 1. The van der Waals surface area contributed by atoms with Crippen molar-refractivity contribution in [1.82, 2.24) is 9.55 Å². The molecule has 3 heterocycles. The number of amides is 3. The van der Waals surface area contributed by atoms with Crippen molar-refractivity contribution < 1.29 is 18.5 Å². The van der Waals surface area contributed by atoms with Gasteiger partial charge >= 0.3 is 11.9 Å². The van der Waals surface area contributed by atoms with Gasteiger partial charge in [-0.2, -0.15) is 4.48 Å². The van der Waals surface area contributed by atoms with Crippen LogP contribution in [0.15, 0.2) is 76.6 Å². The van der Waals surface area contributed by atoms with Gasteiger partial charge in [0.1, 0.15) is 17.3 Å². The maximum atomic E-state index is 13.7. The van der Waals surface area contributed by atoms with Crippen molar-refractivity contribution in [3.8, 4) is 5.69 Å². The first-order valence-electron chi connectivity index (χ1n) is 11.1. The van der Waals surface area contributed by atoms with Gasteiger partial charge in [0.2, 0.25) is 0 Å².